The minimum Gasteiger partial charge on any atom is -0.484 e. The molecule has 0 spiro atoms. The van der Waals surface area contributed by atoms with Crippen molar-refractivity contribution in [1.82, 2.24) is 10.3 Å². The number of carboxylic acid groups (broad SMARTS) is 1. The lowest BCUT2D eigenvalue weighted by Crippen LogP contribution is -2.30. The number of aliphatic carboxylic acids is 1. The van der Waals surface area contributed by atoms with E-state index in [2.05, 4.69) is 10.3 Å². The normalized spacial score (nSPS) is 10.5. The molecule has 0 atom stereocenters. The molecule has 6 nitrogen and oxygen atoms in total. The van der Waals surface area contributed by atoms with Gasteiger partial charge in [-0.2, -0.15) is 0 Å². The summed E-state index contributed by atoms with van der Waals surface area (Å²) in [6.45, 7) is -0.0580. The molecule has 2 rings (SSSR count). The lowest BCUT2D eigenvalue weighted by Gasteiger charge is -2.07. The highest BCUT2D eigenvalue weighted by molar-refractivity contribution is 5.78. The Hall–Kier alpha value is -3.15. The summed E-state index contributed by atoms with van der Waals surface area (Å²) in [7, 11) is 0. The summed E-state index contributed by atoms with van der Waals surface area (Å²) in [4.78, 5) is 26.0. The van der Waals surface area contributed by atoms with Crippen LogP contribution >= 0.6 is 0 Å². The van der Waals surface area contributed by atoms with Gasteiger partial charge in [0.15, 0.2) is 6.61 Å². The molecule has 1 aromatic carbocycles. The van der Waals surface area contributed by atoms with Crippen LogP contribution in [0, 0.1) is 0 Å². The van der Waals surface area contributed by atoms with E-state index in [1.807, 2.05) is 42.5 Å². The van der Waals surface area contributed by atoms with Crippen molar-refractivity contribution in [3.8, 4) is 5.75 Å². The second-order valence-electron chi connectivity index (χ2n) is 4.94. The molecule has 0 aliphatic carbocycles. The Morgan fingerprint density at radius 2 is 1.92 bits per heavy atom. The maximum Gasteiger partial charge on any atom is 0.305 e. The highest BCUT2D eigenvalue weighted by atomic mass is 16.5. The predicted octanol–water partition coefficient (Wildman–Crippen LogP) is 2.22. The molecule has 0 saturated heterocycles. The van der Waals surface area contributed by atoms with Gasteiger partial charge in [-0.3, -0.25) is 14.6 Å². The first kappa shape index (κ1) is 17.2. The number of hydrogen-bond acceptors (Lipinski definition) is 4. The van der Waals surface area contributed by atoms with Gasteiger partial charge < -0.3 is 15.2 Å². The van der Waals surface area contributed by atoms with Crippen molar-refractivity contribution in [1.29, 1.82) is 0 Å². The largest absolute Gasteiger partial charge is 0.484 e. The second-order valence-corrected chi connectivity index (χ2v) is 4.94. The first-order valence-electron chi connectivity index (χ1n) is 7.44. The zero-order chi connectivity index (χ0) is 17.2. The third kappa shape index (κ3) is 6.31. The van der Waals surface area contributed by atoms with Gasteiger partial charge in [0.05, 0.1) is 12.1 Å². The van der Waals surface area contributed by atoms with Crippen LogP contribution < -0.4 is 10.1 Å². The van der Waals surface area contributed by atoms with Crippen molar-refractivity contribution < 1.29 is 19.4 Å². The van der Waals surface area contributed by atoms with E-state index in [0.29, 0.717) is 5.75 Å². The van der Waals surface area contributed by atoms with E-state index in [1.165, 1.54) is 0 Å². The highest BCUT2D eigenvalue weighted by Gasteiger charge is 2.03. The fourth-order valence-corrected chi connectivity index (χ4v) is 1.84. The molecule has 0 bridgehead atoms. The number of aromatic nitrogens is 1. The number of hydrogen-bond donors (Lipinski definition) is 2. The first-order valence-corrected chi connectivity index (χ1v) is 7.44. The number of amides is 1. The molecule has 24 heavy (non-hydrogen) atoms. The summed E-state index contributed by atoms with van der Waals surface area (Å²) >= 11 is 0. The SMILES string of the molecule is O=C(O)CCNC(=O)COc1ccc(/C=C/c2ccccn2)cc1. The van der Waals surface area contributed by atoms with Crippen LogP contribution in [-0.2, 0) is 9.59 Å². The molecule has 2 N–H and O–H groups in total. The van der Waals surface area contributed by atoms with Crippen LogP contribution in [0.25, 0.3) is 12.2 Å². The molecule has 1 amide bonds. The van der Waals surface area contributed by atoms with Crippen LogP contribution in [0.3, 0.4) is 0 Å². The van der Waals surface area contributed by atoms with Crippen molar-refractivity contribution >= 4 is 24.0 Å². The van der Waals surface area contributed by atoms with Crippen LogP contribution in [-0.4, -0.2) is 35.1 Å². The molecular formula is C18H18N2O4. The summed E-state index contributed by atoms with van der Waals surface area (Å²) in [5, 5.41) is 11.0. The molecule has 6 heteroatoms. The summed E-state index contributed by atoms with van der Waals surface area (Å²) in [5.74, 6) is -0.737. The van der Waals surface area contributed by atoms with Crippen LogP contribution in [0.4, 0.5) is 0 Å². The van der Waals surface area contributed by atoms with Gasteiger partial charge in [-0.1, -0.05) is 24.3 Å². The van der Waals surface area contributed by atoms with Gasteiger partial charge in [0.1, 0.15) is 5.75 Å². The maximum absolute atomic E-state index is 11.5. The lowest BCUT2D eigenvalue weighted by molar-refractivity contribution is -0.137. The van der Waals surface area contributed by atoms with E-state index in [-0.39, 0.29) is 25.5 Å². The molecule has 0 unspecified atom stereocenters. The zero-order valence-electron chi connectivity index (χ0n) is 13.0. The van der Waals surface area contributed by atoms with Gasteiger partial charge in [-0.15, -0.1) is 0 Å². The third-order valence-corrected chi connectivity index (χ3v) is 3.05. The van der Waals surface area contributed by atoms with E-state index in [4.69, 9.17) is 9.84 Å². The number of pyridine rings is 1. The van der Waals surface area contributed by atoms with Crippen molar-refractivity contribution in [2.24, 2.45) is 0 Å². The standard InChI is InChI=1S/C18H18N2O4/c21-17(20-12-10-18(22)23)13-24-16-8-5-14(6-9-16)4-7-15-3-1-2-11-19-15/h1-9,11H,10,12-13H2,(H,20,21)(H,22,23)/b7-4+. The zero-order valence-corrected chi connectivity index (χ0v) is 13.0. The summed E-state index contributed by atoms with van der Waals surface area (Å²) in [6, 6.07) is 13.0. The molecule has 1 aromatic heterocycles. The van der Waals surface area contributed by atoms with Gasteiger partial charge in [0.25, 0.3) is 5.91 Å². The van der Waals surface area contributed by atoms with E-state index in [0.717, 1.165) is 11.3 Å². The van der Waals surface area contributed by atoms with Gasteiger partial charge in [-0.05, 0) is 35.9 Å². The molecule has 2 aromatic rings. The minimum atomic E-state index is -0.953. The fourth-order valence-electron chi connectivity index (χ4n) is 1.84. The third-order valence-electron chi connectivity index (χ3n) is 3.05. The van der Waals surface area contributed by atoms with Gasteiger partial charge in [-0.25, -0.2) is 0 Å². The maximum atomic E-state index is 11.5. The molecule has 0 fully saturated rings. The quantitative estimate of drug-likeness (QED) is 0.776. The van der Waals surface area contributed by atoms with Crippen molar-refractivity contribution in [3.63, 3.8) is 0 Å². The molecule has 124 valence electrons. The van der Waals surface area contributed by atoms with Crippen LogP contribution in [0.2, 0.25) is 0 Å². The average molecular weight is 326 g/mol. The lowest BCUT2D eigenvalue weighted by atomic mass is 10.2. The monoisotopic (exact) mass is 326 g/mol. The number of nitrogens with zero attached hydrogens (tertiary/aromatic N) is 1. The smallest absolute Gasteiger partial charge is 0.305 e. The molecule has 1 heterocycles. The number of benzene rings is 1. The van der Waals surface area contributed by atoms with Crippen molar-refractivity contribution in [2.75, 3.05) is 13.2 Å². The number of carboxylic acids is 1. The van der Waals surface area contributed by atoms with Crippen LogP contribution in [0.1, 0.15) is 17.7 Å². The van der Waals surface area contributed by atoms with Gasteiger partial charge in [0, 0.05) is 12.7 Å². The Balaban J connectivity index is 1.78. The Kier molecular flexibility index (Phi) is 6.52. The highest BCUT2D eigenvalue weighted by Crippen LogP contribution is 2.14. The second kappa shape index (κ2) is 9.09. The van der Waals surface area contributed by atoms with Crippen molar-refractivity contribution in [3.05, 3.63) is 59.9 Å². The summed E-state index contributed by atoms with van der Waals surface area (Å²) in [5.41, 5.74) is 1.86. The van der Waals surface area contributed by atoms with Gasteiger partial charge >= 0.3 is 5.97 Å². The van der Waals surface area contributed by atoms with Gasteiger partial charge in [0.2, 0.25) is 0 Å². The molecule has 0 radical (unpaired) electrons. The summed E-state index contributed by atoms with van der Waals surface area (Å²) in [6.07, 6.45) is 5.47. The fraction of sp³-hybridized carbons (Fsp3) is 0.167. The summed E-state index contributed by atoms with van der Waals surface area (Å²) < 4.78 is 5.35. The Morgan fingerprint density at radius 3 is 2.58 bits per heavy atom. The van der Waals surface area contributed by atoms with E-state index in [9.17, 15) is 9.59 Å². The number of nitrogens with one attached hydrogen (secondary N) is 1. The van der Waals surface area contributed by atoms with Crippen molar-refractivity contribution in [2.45, 2.75) is 6.42 Å². The topological polar surface area (TPSA) is 88.5 Å². The number of ether oxygens (including phenoxy) is 1. The Bertz CT molecular complexity index is 697. The Labute approximate surface area is 139 Å². The minimum absolute atomic E-state index is 0.0920. The number of carbonyl (C=O) groups excluding carboxylic acids is 1. The number of rotatable bonds is 8. The average Bonchev–Trinajstić information content (AvgIpc) is 2.59. The van der Waals surface area contributed by atoms with E-state index < -0.39 is 5.97 Å². The van der Waals surface area contributed by atoms with Crippen LogP contribution in [0.5, 0.6) is 5.75 Å². The molecular weight excluding hydrogens is 308 g/mol. The molecule has 0 saturated carbocycles. The van der Waals surface area contributed by atoms with E-state index in [1.54, 1.807) is 18.3 Å². The van der Waals surface area contributed by atoms with E-state index >= 15 is 0 Å². The molecule has 0 aliphatic heterocycles. The predicted molar refractivity (Wildman–Crippen MR) is 90.4 cm³/mol. The van der Waals surface area contributed by atoms with Crippen LogP contribution in [0.15, 0.2) is 48.7 Å². The number of carbonyl (C=O) groups is 2. The first-order chi connectivity index (χ1) is 11.6. The molecule has 0 aliphatic rings. The Morgan fingerprint density at radius 1 is 1.12 bits per heavy atom.